The van der Waals surface area contributed by atoms with E-state index in [2.05, 4.69) is 4.99 Å². The second kappa shape index (κ2) is 4.22. The number of aliphatic imine (C=N–C) groups is 1. The Bertz CT molecular complexity index is 592. The topological polar surface area (TPSA) is 21.6 Å². The van der Waals surface area contributed by atoms with Crippen molar-refractivity contribution in [3.63, 3.8) is 0 Å². The highest BCUT2D eigenvalue weighted by molar-refractivity contribution is 6.31. The SMILES string of the molecule is Clc1cccc(C2=Nc3ccccc3CO2)c1. The van der Waals surface area contributed by atoms with Crippen LogP contribution in [0.15, 0.2) is 53.5 Å². The van der Waals surface area contributed by atoms with E-state index in [9.17, 15) is 0 Å². The summed E-state index contributed by atoms with van der Waals surface area (Å²) in [6, 6.07) is 15.5. The highest BCUT2D eigenvalue weighted by Crippen LogP contribution is 2.26. The largest absolute Gasteiger partial charge is 0.472 e. The summed E-state index contributed by atoms with van der Waals surface area (Å²) in [7, 11) is 0. The summed E-state index contributed by atoms with van der Waals surface area (Å²) < 4.78 is 5.64. The van der Waals surface area contributed by atoms with E-state index in [1.54, 1.807) is 0 Å². The molecule has 0 amide bonds. The van der Waals surface area contributed by atoms with Gasteiger partial charge in [-0.05, 0) is 24.3 Å². The normalized spacial score (nSPS) is 13.6. The Hall–Kier alpha value is -1.80. The van der Waals surface area contributed by atoms with E-state index in [0.29, 0.717) is 17.5 Å². The van der Waals surface area contributed by atoms with Crippen molar-refractivity contribution >= 4 is 23.2 Å². The molecule has 3 heteroatoms. The van der Waals surface area contributed by atoms with Gasteiger partial charge in [-0.2, -0.15) is 0 Å². The van der Waals surface area contributed by atoms with Crippen LogP contribution >= 0.6 is 11.6 Å². The minimum Gasteiger partial charge on any atom is -0.472 e. The van der Waals surface area contributed by atoms with Crippen molar-refractivity contribution in [3.05, 3.63) is 64.7 Å². The molecular weight excluding hydrogens is 234 g/mol. The van der Waals surface area contributed by atoms with Crippen LogP contribution in [0.1, 0.15) is 11.1 Å². The van der Waals surface area contributed by atoms with Crippen molar-refractivity contribution in [3.8, 4) is 0 Å². The summed E-state index contributed by atoms with van der Waals surface area (Å²) in [4.78, 5) is 4.49. The van der Waals surface area contributed by atoms with Gasteiger partial charge >= 0.3 is 0 Å². The molecule has 84 valence electrons. The van der Waals surface area contributed by atoms with E-state index in [0.717, 1.165) is 16.8 Å². The summed E-state index contributed by atoms with van der Waals surface area (Å²) >= 11 is 5.95. The monoisotopic (exact) mass is 243 g/mol. The molecule has 0 aromatic heterocycles. The maximum absolute atomic E-state index is 5.95. The van der Waals surface area contributed by atoms with E-state index in [-0.39, 0.29) is 0 Å². The first kappa shape index (κ1) is 10.4. The maximum atomic E-state index is 5.95. The molecule has 2 aromatic carbocycles. The van der Waals surface area contributed by atoms with Crippen LogP contribution in [-0.2, 0) is 11.3 Å². The number of hydrogen-bond acceptors (Lipinski definition) is 2. The lowest BCUT2D eigenvalue weighted by molar-refractivity contribution is 0.288. The summed E-state index contributed by atoms with van der Waals surface area (Å²) in [5.74, 6) is 0.631. The molecule has 1 aliphatic rings. The number of hydrogen-bond donors (Lipinski definition) is 0. The fraction of sp³-hybridized carbons (Fsp3) is 0.0714. The first-order chi connectivity index (χ1) is 8.33. The third-order valence-electron chi connectivity index (χ3n) is 2.65. The molecule has 0 fully saturated rings. The number of ether oxygens (including phenoxy) is 1. The van der Waals surface area contributed by atoms with Crippen molar-refractivity contribution < 1.29 is 4.74 Å². The molecule has 0 saturated carbocycles. The minimum absolute atomic E-state index is 0.557. The molecule has 0 bridgehead atoms. The van der Waals surface area contributed by atoms with Gasteiger partial charge in [0.1, 0.15) is 6.61 Å². The van der Waals surface area contributed by atoms with E-state index in [4.69, 9.17) is 16.3 Å². The molecule has 17 heavy (non-hydrogen) atoms. The van der Waals surface area contributed by atoms with Gasteiger partial charge in [0, 0.05) is 16.1 Å². The van der Waals surface area contributed by atoms with Gasteiger partial charge in [-0.15, -0.1) is 0 Å². The van der Waals surface area contributed by atoms with Crippen LogP contribution in [0.3, 0.4) is 0 Å². The first-order valence-electron chi connectivity index (χ1n) is 5.38. The fourth-order valence-electron chi connectivity index (χ4n) is 1.80. The zero-order valence-corrected chi connectivity index (χ0v) is 9.82. The number of benzene rings is 2. The van der Waals surface area contributed by atoms with Crippen LogP contribution in [0.5, 0.6) is 0 Å². The minimum atomic E-state index is 0.557. The average molecular weight is 244 g/mol. The molecule has 3 rings (SSSR count). The molecule has 0 saturated heterocycles. The Morgan fingerprint density at radius 3 is 2.82 bits per heavy atom. The van der Waals surface area contributed by atoms with Crippen LogP contribution in [-0.4, -0.2) is 5.90 Å². The summed E-state index contributed by atoms with van der Waals surface area (Å²) in [6.45, 7) is 0.557. The highest BCUT2D eigenvalue weighted by atomic mass is 35.5. The highest BCUT2D eigenvalue weighted by Gasteiger charge is 2.13. The predicted octanol–water partition coefficient (Wildman–Crippen LogP) is 3.95. The number of halogens is 1. The van der Waals surface area contributed by atoms with Crippen molar-refractivity contribution in [1.82, 2.24) is 0 Å². The summed E-state index contributed by atoms with van der Waals surface area (Å²) in [6.07, 6.45) is 0. The van der Waals surface area contributed by atoms with Crippen LogP contribution < -0.4 is 0 Å². The van der Waals surface area contributed by atoms with Crippen molar-refractivity contribution in [2.75, 3.05) is 0 Å². The lowest BCUT2D eigenvalue weighted by atomic mass is 10.1. The second-order valence-corrected chi connectivity index (χ2v) is 4.28. The predicted molar refractivity (Wildman–Crippen MR) is 68.9 cm³/mol. The molecule has 1 aliphatic heterocycles. The van der Waals surface area contributed by atoms with Crippen molar-refractivity contribution in [2.24, 2.45) is 4.99 Å². The van der Waals surface area contributed by atoms with E-state index in [1.165, 1.54) is 0 Å². The van der Waals surface area contributed by atoms with E-state index >= 15 is 0 Å². The van der Waals surface area contributed by atoms with Crippen LogP contribution in [0.25, 0.3) is 0 Å². The molecule has 1 heterocycles. The molecule has 0 radical (unpaired) electrons. The Morgan fingerprint density at radius 2 is 1.94 bits per heavy atom. The zero-order valence-electron chi connectivity index (χ0n) is 9.06. The fourth-order valence-corrected chi connectivity index (χ4v) is 1.99. The number of fused-ring (bicyclic) bond motifs is 1. The Morgan fingerprint density at radius 1 is 1.06 bits per heavy atom. The lowest BCUT2D eigenvalue weighted by Gasteiger charge is -2.16. The van der Waals surface area contributed by atoms with Gasteiger partial charge in [-0.3, -0.25) is 0 Å². The number of para-hydroxylation sites is 1. The maximum Gasteiger partial charge on any atom is 0.221 e. The van der Waals surface area contributed by atoms with Crippen LogP contribution in [0, 0.1) is 0 Å². The molecule has 2 nitrogen and oxygen atoms in total. The van der Waals surface area contributed by atoms with Gasteiger partial charge in [0.2, 0.25) is 5.90 Å². The Labute approximate surface area is 105 Å². The lowest BCUT2D eigenvalue weighted by Crippen LogP contribution is -2.10. The van der Waals surface area contributed by atoms with Crippen LogP contribution in [0.2, 0.25) is 5.02 Å². The molecule has 0 unspecified atom stereocenters. The van der Waals surface area contributed by atoms with Gasteiger partial charge in [-0.25, -0.2) is 4.99 Å². The molecule has 0 N–H and O–H groups in total. The van der Waals surface area contributed by atoms with Gasteiger partial charge in [0.05, 0.1) is 5.69 Å². The molecule has 0 atom stereocenters. The summed E-state index contributed by atoms with van der Waals surface area (Å²) in [5, 5.41) is 0.688. The number of nitrogens with zero attached hydrogens (tertiary/aromatic N) is 1. The van der Waals surface area contributed by atoms with Gasteiger partial charge < -0.3 is 4.74 Å². The smallest absolute Gasteiger partial charge is 0.221 e. The van der Waals surface area contributed by atoms with Gasteiger partial charge in [-0.1, -0.05) is 35.9 Å². The number of rotatable bonds is 1. The van der Waals surface area contributed by atoms with Crippen molar-refractivity contribution in [1.29, 1.82) is 0 Å². The average Bonchev–Trinajstić information content (AvgIpc) is 2.38. The van der Waals surface area contributed by atoms with Crippen molar-refractivity contribution in [2.45, 2.75) is 6.61 Å². The van der Waals surface area contributed by atoms with Gasteiger partial charge in [0.15, 0.2) is 0 Å². The molecule has 2 aromatic rings. The standard InChI is InChI=1S/C14H10ClNO/c15-12-6-3-5-10(8-12)14-16-13-7-2-1-4-11(13)9-17-14/h1-8H,9H2. The molecule has 0 spiro atoms. The second-order valence-electron chi connectivity index (χ2n) is 3.84. The zero-order chi connectivity index (χ0) is 11.7. The Balaban J connectivity index is 2.04. The van der Waals surface area contributed by atoms with Crippen LogP contribution in [0.4, 0.5) is 5.69 Å². The first-order valence-corrected chi connectivity index (χ1v) is 5.76. The van der Waals surface area contributed by atoms with E-state index in [1.807, 2.05) is 48.5 Å². The third-order valence-corrected chi connectivity index (χ3v) is 2.88. The third kappa shape index (κ3) is 2.04. The van der Waals surface area contributed by atoms with Gasteiger partial charge in [0.25, 0.3) is 0 Å². The quantitative estimate of drug-likeness (QED) is 0.743. The Kier molecular flexibility index (Phi) is 2.57. The summed E-state index contributed by atoms with van der Waals surface area (Å²) in [5.41, 5.74) is 2.99. The van der Waals surface area contributed by atoms with E-state index < -0.39 is 0 Å². The molecular formula is C14H10ClNO. The molecule has 0 aliphatic carbocycles.